The number of amides is 1. The predicted molar refractivity (Wildman–Crippen MR) is 111 cm³/mol. The van der Waals surface area contributed by atoms with Gasteiger partial charge in [-0.1, -0.05) is 48.5 Å². The third-order valence-electron chi connectivity index (χ3n) is 6.44. The second-order valence-electron chi connectivity index (χ2n) is 8.37. The lowest BCUT2D eigenvalue weighted by Gasteiger charge is -2.51. The Kier molecular flexibility index (Phi) is 5.79. The van der Waals surface area contributed by atoms with Crippen LogP contribution in [0.4, 0.5) is 0 Å². The summed E-state index contributed by atoms with van der Waals surface area (Å²) >= 11 is 0. The van der Waals surface area contributed by atoms with Gasteiger partial charge in [0.1, 0.15) is 0 Å². The first-order chi connectivity index (χ1) is 13.7. The van der Waals surface area contributed by atoms with Gasteiger partial charge in [0.2, 0.25) is 0 Å². The summed E-state index contributed by atoms with van der Waals surface area (Å²) in [7, 11) is 0. The third kappa shape index (κ3) is 4.13. The van der Waals surface area contributed by atoms with Crippen molar-refractivity contribution in [3.05, 3.63) is 71.8 Å². The monoisotopic (exact) mass is 378 g/mol. The predicted octanol–water partition coefficient (Wildman–Crippen LogP) is 3.22. The Morgan fingerprint density at radius 3 is 2.46 bits per heavy atom. The average molecular weight is 379 g/mol. The summed E-state index contributed by atoms with van der Waals surface area (Å²) < 4.78 is 0. The SMILES string of the molecule is O=C(c1ccccc1)N1CCC[C@@]2(CN(CCc3ccccc3)CC[C@H]2O)C1. The molecule has 28 heavy (non-hydrogen) atoms. The molecule has 1 amide bonds. The highest BCUT2D eigenvalue weighted by atomic mass is 16.3. The fourth-order valence-corrected chi connectivity index (χ4v) is 4.86. The number of aliphatic hydroxyl groups excluding tert-OH is 1. The van der Waals surface area contributed by atoms with Crippen molar-refractivity contribution in [3.8, 4) is 0 Å². The van der Waals surface area contributed by atoms with Crippen LogP contribution in [0.15, 0.2) is 60.7 Å². The quantitative estimate of drug-likeness (QED) is 0.888. The van der Waals surface area contributed by atoms with E-state index in [0.29, 0.717) is 6.54 Å². The Morgan fingerprint density at radius 1 is 1.00 bits per heavy atom. The molecule has 2 aromatic carbocycles. The van der Waals surface area contributed by atoms with Crippen molar-refractivity contribution in [2.75, 3.05) is 32.7 Å². The summed E-state index contributed by atoms with van der Waals surface area (Å²) in [6.07, 6.45) is 3.45. The van der Waals surface area contributed by atoms with Crippen LogP contribution in [0.2, 0.25) is 0 Å². The smallest absolute Gasteiger partial charge is 0.253 e. The molecule has 0 unspecified atom stereocenters. The molecule has 4 nitrogen and oxygen atoms in total. The molecular weight excluding hydrogens is 348 g/mol. The number of nitrogens with zero attached hydrogens (tertiary/aromatic N) is 2. The van der Waals surface area contributed by atoms with Crippen LogP contribution in [-0.4, -0.2) is 59.6 Å². The lowest BCUT2D eigenvalue weighted by atomic mass is 9.71. The zero-order valence-corrected chi connectivity index (χ0v) is 16.5. The van der Waals surface area contributed by atoms with E-state index in [4.69, 9.17) is 0 Å². The molecule has 2 heterocycles. The molecule has 2 aliphatic rings. The van der Waals surface area contributed by atoms with Gasteiger partial charge >= 0.3 is 0 Å². The van der Waals surface area contributed by atoms with Crippen molar-refractivity contribution in [3.63, 3.8) is 0 Å². The van der Waals surface area contributed by atoms with Gasteiger partial charge in [0.15, 0.2) is 0 Å². The highest BCUT2D eigenvalue weighted by Crippen LogP contribution is 2.39. The van der Waals surface area contributed by atoms with Gasteiger partial charge in [-0.3, -0.25) is 4.79 Å². The fourth-order valence-electron chi connectivity index (χ4n) is 4.86. The topological polar surface area (TPSA) is 43.8 Å². The summed E-state index contributed by atoms with van der Waals surface area (Å²) in [6, 6.07) is 20.1. The molecule has 4 heteroatoms. The lowest BCUT2D eigenvalue weighted by molar-refractivity contribution is -0.0783. The minimum atomic E-state index is -0.327. The first kappa shape index (κ1) is 19.2. The first-order valence-corrected chi connectivity index (χ1v) is 10.4. The zero-order chi connectivity index (χ0) is 19.4. The van der Waals surface area contributed by atoms with E-state index in [1.54, 1.807) is 0 Å². The number of carbonyl (C=O) groups excluding carboxylic acids is 1. The standard InChI is InChI=1S/C24H30N2O2/c27-22-13-17-25(16-12-20-8-3-1-4-9-20)18-24(22)14-7-15-26(19-24)23(28)21-10-5-2-6-11-21/h1-6,8-11,22,27H,7,12-19H2/t22-,24-/m1/s1. The Balaban J connectivity index is 1.43. The van der Waals surface area contributed by atoms with E-state index < -0.39 is 0 Å². The maximum absolute atomic E-state index is 13.0. The van der Waals surface area contributed by atoms with Crippen LogP contribution in [0.3, 0.4) is 0 Å². The van der Waals surface area contributed by atoms with Crippen LogP contribution in [0.5, 0.6) is 0 Å². The molecule has 0 bridgehead atoms. The van der Waals surface area contributed by atoms with Gasteiger partial charge < -0.3 is 14.9 Å². The van der Waals surface area contributed by atoms with Crippen LogP contribution < -0.4 is 0 Å². The van der Waals surface area contributed by atoms with Crippen LogP contribution in [0, 0.1) is 5.41 Å². The van der Waals surface area contributed by atoms with E-state index in [0.717, 1.165) is 57.4 Å². The molecule has 2 fully saturated rings. The highest BCUT2D eigenvalue weighted by Gasteiger charge is 2.46. The maximum atomic E-state index is 13.0. The minimum absolute atomic E-state index is 0.0910. The Bertz CT molecular complexity index is 780. The Labute approximate surface area is 167 Å². The van der Waals surface area contributed by atoms with Crippen molar-refractivity contribution < 1.29 is 9.90 Å². The summed E-state index contributed by atoms with van der Waals surface area (Å²) in [4.78, 5) is 17.4. The summed E-state index contributed by atoms with van der Waals surface area (Å²) in [5, 5.41) is 10.9. The van der Waals surface area contributed by atoms with E-state index >= 15 is 0 Å². The number of aliphatic hydroxyl groups is 1. The van der Waals surface area contributed by atoms with Crippen LogP contribution >= 0.6 is 0 Å². The van der Waals surface area contributed by atoms with Crippen molar-refractivity contribution in [2.45, 2.75) is 31.8 Å². The third-order valence-corrected chi connectivity index (χ3v) is 6.44. The number of carbonyl (C=O) groups is 1. The largest absolute Gasteiger partial charge is 0.392 e. The fraction of sp³-hybridized carbons (Fsp3) is 0.458. The number of hydrogen-bond donors (Lipinski definition) is 1. The summed E-state index contributed by atoms with van der Waals surface area (Å²) in [6.45, 7) is 4.25. The second-order valence-corrected chi connectivity index (χ2v) is 8.37. The molecule has 2 aromatic rings. The number of rotatable bonds is 4. The number of hydrogen-bond acceptors (Lipinski definition) is 3. The van der Waals surface area contributed by atoms with E-state index in [1.165, 1.54) is 5.56 Å². The van der Waals surface area contributed by atoms with Crippen molar-refractivity contribution in [2.24, 2.45) is 5.41 Å². The van der Waals surface area contributed by atoms with Crippen molar-refractivity contribution in [1.29, 1.82) is 0 Å². The van der Waals surface area contributed by atoms with E-state index in [9.17, 15) is 9.90 Å². The molecule has 0 radical (unpaired) electrons. The van der Waals surface area contributed by atoms with Gasteiger partial charge in [-0.25, -0.2) is 0 Å². The van der Waals surface area contributed by atoms with Gasteiger partial charge in [0.05, 0.1) is 6.10 Å². The van der Waals surface area contributed by atoms with E-state index in [-0.39, 0.29) is 17.4 Å². The number of benzene rings is 2. The molecular formula is C24H30N2O2. The van der Waals surface area contributed by atoms with E-state index in [1.807, 2.05) is 35.2 Å². The zero-order valence-electron chi connectivity index (χ0n) is 16.5. The van der Waals surface area contributed by atoms with Crippen molar-refractivity contribution >= 4 is 5.91 Å². The molecule has 0 saturated carbocycles. The van der Waals surface area contributed by atoms with Crippen molar-refractivity contribution in [1.82, 2.24) is 9.80 Å². The molecule has 0 aromatic heterocycles. The molecule has 2 atom stereocenters. The first-order valence-electron chi connectivity index (χ1n) is 10.4. The molecule has 1 N–H and O–H groups in total. The molecule has 148 valence electrons. The Morgan fingerprint density at radius 2 is 1.71 bits per heavy atom. The molecule has 2 saturated heterocycles. The molecule has 1 spiro atoms. The van der Waals surface area contributed by atoms with Gasteiger partial charge in [0.25, 0.3) is 5.91 Å². The number of piperidine rings is 2. The molecule has 2 aliphatic heterocycles. The van der Waals surface area contributed by atoms with Crippen LogP contribution in [0.1, 0.15) is 35.2 Å². The van der Waals surface area contributed by atoms with E-state index in [2.05, 4.69) is 35.2 Å². The van der Waals surface area contributed by atoms with Gasteiger partial charge in [0, 0.05) is 43.7 Å². The summed E-state index contributed by atoms with van der Waals surface area (Å²) in [5.74, 6) is 0.0910. The highest BCUT2D eigenvalue weighted by molar-refractivity contribution is 5.94. The number of likely N-dealkylation sites (tertiary alicyclic amines) is 2. The minimum Gasteiger partial charge on any atom is -0.392 e. The average Bonchev–Trinajstić information content (AvgIpc) is 2.76. The van der Waals surface area contributed by atoms with Gasteiger partial charge in [-0.05, 0) is 43.4 Å². The maximum Gasteiger partial charge on any atom is 0.253 e. The summed E-state index contributed by atoms with van der Waals surface area (Å²) in [5.41, 5.74) is 1.90. The van der Waals surface area contributed by atoms with Crippen LogP contribution in [0.25, 0.3) is 0 Å². The normalized spacial score (nSPS) is 25.8. The lowest BCUT2D eigenvalue weighted by Crippen LogP contribution is -2.60. The molecule has 0 aliphatic carbocycles. The van der Waals surface area contributed by atoms with Gasteiger partial charge in [-0.15, -0.1) is 0 Å². The van der Waals surface area contributed by atoms with Gasteiger partial charge in [-0.2, -0.15) is 0 Å². The Hall–Kier alpha value is -2.17. The second kappa shape index (κ2) is 8.46. The molecule has 4 rings (SSSR count). The van der Waals surface area contributed by atoms with Crippen LogP contribution in [-0.2, 0) is 6.42 Å².